The van der Waals surface area contributed by atoms with Crippen molar-refractivity contribution in [1.29, 1.82) is 0 Å². The Morgan fingerprint density at radius 3 is 2.33 bits per heavy atom. The molecule has 0 unspecified atom stereocenters. The molecule has 0 aliphatic heterocycles. The highest BCUT2D eigenvalue weighted by molar-refractivity contribution is 5.69. The maximum Gasteiger partial charge on any atom is 0.306 e. The lowest BCUT2D eigenvalue weighted by Crippen LogP contribution is -2.13. The molecule has 3 nitrogen and oxygen atoms in total. The number of phenols is 1. The molecule has 0 amide bonds. The van der Waals surface area contributed by atoms with Gasteiger partial charge in [0.1, 0.15) is 5.75 Å². The summed E-state index contributed by atoms with van der Waals surface area (Å²) in [5.74, 6) is 1.03. The highest BCUT2D eigenvalue weighted by Crippen LogP contribution is 2.34. The minimum atomic E-state index is -0.127. The van der Waals surface area contributed by atoms with Crippen molar-refractivity contribution in [2.75, 3.05) is 6.61 Å². The summed E-state index contributed by atoms with van der Waals surface area (Å²) in [6.07, 6.45) is 8.26. The van der Waals surface area contributed by atoms with Gasteiger partial charge in [-0.25, -0.2) is 0 Å². The number of esters is 1. The molecule has 0 bridgehead atoms. The smallest absolute Gasteiger partial charge is 0.306 e. The number of benzene rings is 1. The van der Waals surface area contributed by atoms with Crippen LogP contribution in [0.2, 0.25) is 0 Å². The number of hydrogen-bond acceptors (Lipinski definition) is 3. The predicted octanol–water partition coefficient (Wildman–Crippen LogP) is 6.47. The number of ether oxygens (including phenoxy) is 1. The van der Waals surface area contributed by atoms with Crippen LogP contribution in [0.3, 0.4) is 0 Å². The van der Waals surface area contributed by atoms with E-state index in [2.05, 4.69) is 34.6 Å². The van der Waals surface area contributed by atoms with Crippen LogP contribution in [0, 0.1) is 12.8 Å². The Morgan fingerprint density at radius 2 is 1.70 bits per heavy atom. The molecule has 154 valence electrons. The summed E-state index contributed by atoms with van der Waals surface area (Å²) < 4.78 is 5.37. The quantitative estimate of drug-likeness (QED) is 0.355. The largest absolute Gasteiger partial charge is 0.507 e. The van der Waals surface area contributed by atoms with Crippen LogP contribution in [-0.2, 0) is 21.4 Å². The van der Waals surface area contributed by atoms with Crippen molar-refractivity contribution in [3.05, 3.63) is 28.8 Å². The zero-order chi connectivity index (χ0) is 20.4. The predicted molar refractivity (Wildman–Crippen MR) is 113 cm³/mol. The molecule has 0 fully saturated rings. The number of unbranched alkanes of at least 4 members (excludes halogenated alkanes) is 4. The van der Waals surface area contributed by atoms with E-state index in [1.54, 1.807) is 0 Å². The molecule has 0 aliphatic rings. The first-order chi connectivity index (χ1) is 12.6. The number of phenolic OH excluding ortho intramolecular Hbond substituents is 1. The second-order valence-electron chi connectivity index (χ2n) is 9.23. The van der Waals surface area contributed by atoms with Crippen molar-refractivity contribution >= 4 is 5.97 Å². The third-order valence-electron chi connectivity index (χ3n) is 4.97. The summed E-state index contributed by atoms with van der Waals surface area (Å²) >= 11 is 0. The normalized spacial score (nSPS) is 11.8. The number of carbonyl (C=O) groups excluding carboxylic acids is 1. The van der Waals surface area contributed by atoms with Crippen LogP contribution in [0.1, 0.15) is 96.3 Å². The fourth-order valence-electron chi connectivity index (χ4n) is 3.26. The molecule has 0 spiro atoms. The maximum atomic E-state index is 12.0. The van der Waals surface area contributed by atoms with Crippen molar-refractivity contribution < 1.29 is 14.6 Å². The van der Waals surface area contributed by atoms with Crippen molar-refractivity contribution in [2.24, 2.45) is 5.92 Å². The van der Waals surface area contributed by atoms with Gasteiger partial charge in [0, 0.05) is 6.42 Å². The molecular weight excluding hydrogens is 336 g/mol. The molecule has 1 rings (SSSR count). The van der Waals surface area contributed by atoms with E-state index >= 15 is 0 Å². The third kappa shape index (κ3) is 9.30. The lowest BCUT2D eigenvalue weighted by Gasteiger charge is -2.22. The average Bonchev–Trinajstić information content (AvgIpc) is 2.56. The van der Waals surface area contributed by atoms with E-state index in [0.29, 0.717) is 25.2 Å². The highest BCUT2D eigenvalue weighted by atomic mass is 16.5. The van der Waals surface area contributed by atoms with Gasteiger partial charge in [0.2, 0.25) is 0 Å². The standard InChI is InChI=1S/C24H40O3/c1-18(2)12-10-8-7-9-11-15-27-22(25)14-13-20-16-19(3)23(26)21(17-20)24(4,5)6/h16-18,26H,7-15H2,1-6H3. The Labute approximate surface area is 166 Å². The Balaban J connectivity index is 2.30. The number of aryl methyl sites for hydroxylation is 2. The van der Waals surface area contributed by atoms with Crippen molar-refractivity contribution in [3.8, 4) is 5.75 Å². The number of hydrogen-bond donors (Lipinski definition) is 1. The topological polar surface area (TPSA) is 46.5 Å². The van der Waals surface area contributed by atoms with Crippen LogP contribution >= 0.6 is 0 Å². The summed E-state index contributed by atoms with van der Waals surface area (Å²) in [6.45, 7) is 13.2. The molecule has 0 radical (unpaired) electrons. The van der Waals surface area contributed by atoms with E-state index in [1.807, 2.05) is 19.1 Å². The van der Waals surface area contributed by atoms with E-state index in [-0.39, 0.29) is 11.4 Å². The first kappa shape index (κ1) is 23.5. The van der Waals surface area contributed by atoms with Gasteiger partial charge in [-0.15, -0.1) is 0 Å². The Hall–Kier alpha value is -1.51. The molecule has 0 aliphatic carbocycles. The summed E-state index contributed by atoms with van der Waals surface area (Å²) in [7, 11) is 0. The van der Waals surface area contributed by atoms with Gasteiger partial charge in [0.25, 0.3) is 0 Å². The number of rotatable bonds is 11. The lowest BCUT2D eigenvalue weighted by atomic mass is 9.83. The minimum absolute atomic E-state index is 0.124. The summed E-state index contributed by atoms with van der Waals surface area (Å²) in [5, 5.41) is 10.3. The molecule has 0 saturated carbocycles. The zero-order valence-corrected chi connectivity index (χ0v) is 18.4. The van der Waals surface area contributed by atoms with Gasteiger partial charge >= 0.3 is 5.97 Å². The molecular formula is C24H40O3. The van der Waals surface area contributed by atoms with E-state index < -0.39 is 0 Å². The van der Waals surface area contributed by atoms with Crippen LogP contribution in [0.25, 0.3) is 0 Å². The average molecular weight is 377 g/mol. The van der Waals surface area contributed by atoms with Crippen LogP contribution in [0.5, 0.6) is 5.75 Å². The van der Waals surface area contributed by atoms with Crippen LogP contribution in [-0.4, -0.2) is 17.7 Å². The van der Waals surface area contributed by atoms with Crippen LogP contribution in [0.4, 0.5) is 0 Å². The SMILES string of the molecule is Cc1cc(CCC(=O)OCCCCCCCC(C)C)cc(C(C)(C)C)c1O. The first-order valence-electron chi connectivity index (χ1n) is 10.6. The number of carbonyl (C=O) groups is 1. The molecule has 3 heteroatoms. The summed E-state index contributed by atoms with van der Waals surface area (Å²) in [4.78, 5) is 12.0. The van der Waals surface area contributed by atoms with Crippen molar-refractivity contribution in [3.63, 3.8) is 0 Å². The fourth-order valence-corrected chi connectivity index (χ4v) is 3.26. The summed E-state index contributed by atoms with van der Waals surface area (Å²) in [5.41, 5.74) is 2.75. The lowest BCUT2D eigenvalue weighted by molar-refractivity contribution is -0.143. The van der Waals surface area contributed by atoms with E-state index in [9.17, 15) is 9.90 Å². The Bertz CT molecular complexity index is 582. The van der Waals surface area contributed by atoms with Gasteiger partial charge in [-0.3, -0.25) is 4.79 Å². The maximum absolute atomic E-state index is 12.0. The molecule has 0 saturated heterocycles. The van der Waals surface area contributed by atoms with Gasteiger partial charge in [0.15, 0.2) is 0 Å². The monoisotopic (exact) mass is 376 g/mol. The first-order valence-corrected chi connectivity index (χ1v) is 10.6. The molecule has 1 aromatic rings. The molecule has 1 aromatic carbocycles. The molecule has 0 aromatic heterocycles. The second kappa shape index (κ2) is 11.4. The van der Waals surface area contributed by atoms with Crippen LogP contribution in [0.15, 0.2) is 12.1 Å². The third-order valence-corrected chi connectivity index (χ3v) is 4.97. The summed E-state index contributed by atoms with van der Waals surface area (Å²) in [6, 6.07) is 3.99. The minimum Gasteiger partial charge on any atom is -0.507 e. The molecule has 0 heterocycles. The number of aromatic hydroxyl groups is 1. The van der Waals surface area contributed by atoms with Crippen LogP contribution < -0.4 is 0 Å². The van der Waals surface area contributed by atoms with E-state index in [0.717, 1.165) is 35.4 Å². The van der Waals surface area contributed by atoms with Gasteiger partial charge in [-0.05, 0) is 47.8 Å². The second-order valence-corrected chi connectivity index (χ2v) is 9.23. The Morgan fingerprint density at radius 1 is 1.07 bits per heavy atom. The van der Waals surface area contributed by atoms with Gasteiger partial charge in [-0.1, -0.05) is 78.9 Å². The van der Waals surface area contributed by atoms with Gasteiger partial charge < -0.3 is 9.84 Å². The van der Waals surface area contributed by atoms with Crippen molar-refractivity contribution in [2.45, 2.75) is 98.3 Å². The van der Waals surface area contributed by atoms with Gasteiger partial charge in [-0.2, -0.15) is 0 Å². The van der Waals surface area contributed by atoms with E-state index in [4.69, 9.17) is 4.74 Å². The highest BCUT2D eigenvalue weighted by Gasteiger charge is 2.20. The molecule has 1 N–H and O–H groups in total. The van der Waals surface area contributed by atoms with Crippen molar-refractivity contribution in [1.82, 2.24) is 0 Å². The van der Waals surface area contributed by atoms with E-state index in [1.165, 1.54) is 25.7 Å². The fraction of sp³-hybridized carbons (Fsp3) is 0.708. The molecule has 27 heavy (non-hydrogen) atoms. The molecule has 0 atom stereocenters. The van der Waals surface area contributed by atoms with Gasteiger partial charge in [0.05, 0.1) is 6.61 Å². The zero-order valence-electron chi connectivity index (χ0n) is 18.4. The Kier molecular flexibility index (Phi) is 9.90.